The maximum absolute atomic E-state index is 11.8. The molecule has 0 atom stereocenters. The maximum Gasteiger partial charge on any atom is 0.260 e. The molecule has 0 amide bonds. The summed E-state index contributed by atoms with van der Waals surface area (Å²) in [6.07, 6.45) is 5.09. The molecule has 0 aliphatic rings. The van der Waals surface area contributed by atoms with Gasteiger partial charge in [-0.05, 0) is 31.5 Å². The summed E-state index contributed by atoms with van der Waals surface area (Å²) in [5, 5.41) is 0.631. The van der Waals surface area contributed by atoms with Crippen LogP contribution in [0.25, 0.3) is 16.7 Å². The second-order valence-corrected chi connectivity index (χ2v) is 4.27. The van der Waals surface area contributed by atoms with E-state index in [4.69, 9.17) is 0 Å². The molecule has 3 aromatic rings. The van der Waals surface area contributed by atoms with Crippen LogP contribution in [0, 0.1) is 13.8 Å². The summed E-state index contributed by atoms with van der Waals surface area (Å²) < 4.78 is 1.91. The first-order valence-corrected chi connectivity index (χ1v) is 6.65. The summed E-state index contributed by atoms with van der Waals surface area (Å²) in [5.74, 6) is 0. The van der Waals surface area contributed by atoms with E-state index in [0.717, 1.165) is 16.9 Å². The molecule has 0 aliphatic carbocycles. The summed E-state index contributed by atoms with van der Waals surface area (Å²) in [6, 6.07) is 3.86. The van der Waals surface area contributed by atoms with Crippen molar-refractivity contribution in [2.45, 2.75) is 27.7 Å². The van der Waals surface area contributed by atoms with Gasteiger partial charge in [0.15, 0.2) is 5.65 Å². The Balaban J connectivity index is 0.000000704. The normalized spacial score (nSPS) is 10.2. The van der Waals surface area contributed by atoms with Crippen molar-refractivity contribution in [1.29, 1.82) is 0 Å². The van der Waals surface area contributed by atoms with Crippen molar-refractivity contribution < 1.29 is 0 Å². The zero-order valence-corrected chi connectivity index (χ0v) is 12.1. The molecule has 1 N–H and O–H groups in total. The predicted molar refractivity (Wildman–Crippen MR) is 80.3 cm³/mol. The second kappa shape index (κ2) is 5.69. The lowest BCUT2D eigenvalue weighted by molar-refractivity contribution is 1.04. The minimum absolute atomic E-state index is 0.109. The number of aryl methyl sites for hydroxylation is 2. The summed E-state index contributed by atoms with van der Waals surface area (Å²) >= 11 is 0. The molecule has 20 heavy (non-hydrogen) atoms. The Bertz CT molecular complexity index is 786. The van der Waals surface area contributed by atoms with Crippen LogP contribution in [0.1, 0.15) is 25.1 Å². The molecule has 5 heteroatoms. The second-order valence-electron chi connectivity index (χ2n) is 4.27. The SMILES string of the molecule is CC.Cc1cc(-n2cc(C)c3c(=O)[nH]cnc32)ccn1. The molecule has 0 aromatic carbocycles. The monoisotopic (exact) mass is 270 g/mol. The van der Waals surface area contributed by atoms with Crippen LogP contribution < -0.4 is 5.56 Å². The molecule has 104 valence electrons. The number of aromatic amines is 1. The van der Waals surface area contributed by atoms with Crippen LogP contribution in [-0.2, 0) is 0 Å². The highest BCUT2D eigenvalue weighted by molar-refractivity contribution is 5.80. The Morgan fingerprint density at radius 3 is 2.65 bits per heavy atom. The highest BCUT2D eigenvalue weighted by atomic mass is 16.1. The topological polar surface area (TPSA) is 63.6 Å². The minimum atomic E-state index is -0.109. The van der Waals surface area contributed by atoms with Crippen LogP contribution in [0.5, 0.6) is 0 Å². The number of hydrogen-bond donors (Lipinski definition) is 1. The van der Waals surface area contributed by atoms with Crippen LogP contribution in [0.2, 0.25) is 0 Å². The van der Waals surface area contributed by atoms with Gasteiger partial charge in [-0.2, -0.15) is 0 Å². The van der Waals surface area contributed by atoms with Gasteiger partial charge in [0.05, 0.1) is 17.4 Å². The van der Waals surface area contributed by atoms with Crippen LogP contribution in [-0.4, -0.2) is 19.5 Å². The van der Waals surface area contributed by atoms with Crippen molar-refractivity contribution in [3.8, 4) is 5.69 Å². The molecule has 0 radical (unpaired) electrons. The van der Waals surface area contributed by atoms with Gasteiger partial charge in [0.1, 0.15) is 0 Å². The summed E-state index contributed by atoms with van der Waals surface area (Å²) in [5.41, 5.74) is 3.35. The van der Waals surface area contributed by atoms with E-state index >= 15 is 0 Å². The van der Waals surface area contributed by atoms with Gasteiger partial charge in [0.2, 0.25) is 0 Å². The van der Waals surface area contributed by atoms with Crippen LogP contribution >= 0.6 is 0 Å². The first-order valence-electron chi connectivity index (χ1n) is 6.65. The largest absolute Gasteiger partial charge is 0.312 e. The van der Waals surface area contributed by atoms with Crippen LogP contribution in [0.4, 0.5) is 0 Å². The van der Waals surface area contributed by atoms with E-state index in [9.17, 15) is 4.79 Å². The zero-order valence-electron chi connectivity index (χ0n) is 12.1. The van der Waals surface area contributed by atoms with E-state index in [2.05, 4.69) is 15.0 Å². The molecular formula is C15H18N4O. The molecule has 3 heterocycles. The average Bonchev–Trinajstić information content (AvgIpc) is 2.80. The lowest BCUT2D eigenvalue weighted by Crippen LogP contribution is -2.07. The van der Waals surface area contributed by atoms with E-state index in [-0.39, 0.29) is 5.56 Å². The van der Waals surface area contributed by atoms with Gasteiger partial charge >= 0.3 is 0 Å². The van der Waals surface area contributed by atoms with Crippen molar-refractivity contribution >= 4 is 11.0 Å². The lowest BCUT2D eigenvalue weighted by Gasteiger charge is -2.04. The Labute approximate surface area is 117 Å². The summed E-state index contributed by atoms with van der Waals surface area (Å²) in [4.78, 5) is 22.8. The molecule has 0 fully saturated rings. The molecule has 0 aliphatic heterocycles. The van der Waals surface area contributed by atoms with E-state index in [0.29, 0.717) is 11.0 Å². The van der Waals surface area contributed by atoms with Crippen LogP contribution in [0.15, 0.2) is 35.6 Å². The van der Waals surface area contributed by atoms with Gasteiger partial charge in [0, 0.05) is 18.1 Å². The summed E-state index contributed by atoms with van der Waals surface area (Å²) in [6.45, 7) is 7.84. The minimum Gasteiger partial charge on any atom is -0.312 e. The van der Waals surface area contributed by atoms with Crippen molar-refractivity contribution in [2.75, 3.05) is 0 Å². The van der Waals surface area contributed by atoms with Gasteiger partial charge in [-0.25, -0.2) is 4.98 Å². The predicted octanol–water partition coefficient (Wildman–Crippen LogP) is 2.75. The first-order chi connectivity index (χ1) is 9.66. The van der Waals surface area contributed by atoms with Gasteiger partial charge in [0.25, 0.3) is 5.56 Å². The Morgan fingerprint density at radius 1 is 1.20 bits per heavy atom. The Morgan fingerprint density at radius 2 is 1.95 bits per heavy atom. The van der Waals surface area contributed by atoms with E-state index in [1.165, 1.54) is 6.33 Å². The standard InChI is InChI=1S/C13H12N4O.C2H6/c1-8-6-17(10-3-4-14-9(2)5-10)12-11(8)13(18)16-7-15-12;1-2/h3-7H,1-2H3,(H,15,16,18);1-2H3. The molecule has 0 spiro atoms. The van der Waals surface area contributed by atoms with Crippen molar-refractivity contribution in [2.24, 2.45) is 0 Å². The quantitative estimate of drug-likeness (QED) is 0.739. The number of H-pyrrole nitrogens is 1. The molecule has 3 rings (SSSR count). The third kappa shape index (κ3) is 2.34. The lowest BCUT2D eigenvalue weighted by atomic mass is 10.3. The van der Waals surface area contributed by atoms with Gasteiger partial charge in [-0.3, -0.25) is 9.78 Å². The fourth-order valence-corrected chi connectivity index (χ4v) is 2.12. The number of hydrogen-bond acceptors (Lipinski definition) is 3. The molecule has 0 bridgehead atoms. The third-order valence-corrected chi connectivity index (χ3v) is 2.94. The fraction of sp³-hybridized carbons (Fsp3) is 0.267. The molecule has 5 nitrogen and oxygen atoms in total. The smallest absolute Gasteiger partial charge is 0.260 e. The Hall–Kier alpha value is -2.43. The van der Waals surface area contributed by atoms with E-state index in [1.54, 1.807) is 6.20 Å². The molecule has 0 saturated carbocycles. The van der Waals surface area contributed by atoms with Gasteiger partial charge in [-0.1, -0.05) is 13.8 Å². The number of fused-ring (bicyclic) bond motifs is 1. The first kappa shape index (κ1) is 14.0. The number of nitrogens with zero attached hydrogens (tertiary/aromatic N) is 3. The van der Waals surface area contributed by atoms with E-state index < -0.39 is 0 Å². The van der Waals surface area contributed by atoms with Crippen LogP contribution in [0.3, 0.4) is 0 Å². The zero-order chi connectivity index (χ0) is 14.7. The molecular weight excluding hydrogens is 252 g/mol. The van der Waals surface area contributed by atoms with Crippen molar-refractivity contribution in [3.63, 3.8) is 0 Å². The Kier molecular flexibility index (Phi) is 3.98. The number of aromatic nitrogens is 4. The number of pyridine rings is 1. The highest BCUT2D eigenvalue weighted by Gasteiger charge is 2.11. The highest BCUT2D eigenvalue weighted by Crippen LogP contribution is 2.19. The van der Waals surface area contributed by atoms with Gasteiger partial charge in [-0.15, -0.1) is 0 Å². The summed E-state index contributed by atoms with van der Waals surface area (Å²) in [7, 11) is 0. The average molecular weight is 270 g/mol. The van der Waals surface area contributed by atoms with Crippen molar-refractivity contribution in [1.82, 2.24) is 19.5 Å². The third-order valence-electron chi connectivity index (χ3n) is 2.94. The number of nitrogens with one attached hydrogen (secondary N) is 1. The fourth-order valence-electron chi connectivity index (χ4n) is 2.12. The molecule has 0 saturated heterocycles. The molecule has 0 unspecified atom stereocenters. The molecule has 3 aromatic heterocycles. The maximum atomic E-state index is 11.8. The van der Waals surface area contributed by atoms with E-state index in [1.807, 2.05) is 50.6 Å². The van der Waals surface area contributed by atoms with Crippen molar-refractivity contribution in [3.05, 3.63) is 52.5 Å². The number of rotatable bonds is 1. The van der Waals surface area contributed by atoms with Gasteiger partial charge < -0.3 is 9.55 Å².